The first-order chi connectivity index (χ1) is 7.07. The van der Waals surface area contributed by atoms with E-state index in [-0.39, 0.29) is 5.04 Å². The Morgan fingerprint density at radius 2 is 1.88 bits per heavy atom. The van der Waals surface area contributed by atoms with E-state index in [9.17, 15) is 4.79 Å². The summed E-state index contributed by atoms with van der Waals surface area (Å²) in [6.07, 6.45) is 0.745. The van der Waals surface area contributed by atoms with Crippen LogP contribution in [0.25, 0.3) is 0 Å². The monoisotopic (exact) mass is 259 g/mol. The molecule has 0 aromatic heterocycles. The van der Waals surface area contributed by atoms with Crippen LogP contribution >= 0.6 is 11.8 Å². The van der Waals surface area contributed by atoms with Gasteiger partial charge in [0.05, 0.1) is 11.8 Å². The maximum absolute atomic E-state index is 11.9. The second-order valence-corrected chi connectivity index (χ2v) is 13.3. The minimum Gasteiger partial charge on any atom is -0.357 e. The Bertz CT molecular complexity index is 283. The van der Waals surface area contributed by atoms with Crippen LogP contribution in [0.4, 0.5) is 0 Å². The molecule has 2 nitrogen and oxygen atoms in total. The summed E-state index contributed by atoms with van der Waals surface area (Å²) in [5, 5.41) is 1.29. The molecule has 0 spiro atoms. The van der Waals surface area contributed by atoms with Crippen LogP contribution in [-0.2, 0) is 4.79 Å². The van der Waals surface area contributed by atoms with Gasteiger partial charge in [-0.3, -0.25) is 4.79 Å². The van der Waals surface area contributed by atoms with E-state index in [1.807, 2.05) is 11.8 Å². The number of carbonyl (C=O) groups excluding carboxylic acids is 1. The fraction of sp³-hybridized carbons (Fsp3) is 0.917. The molecule has 4 heteroatoms. The van der Waals surface area contributed by atoms with Gasteiger partial charge in [0.1, 0.15) is 0 Å². The molecule has 16 heavy (non-hydrogen) atoms. The zero-order valence-corrected chi connectivity index (χ0v) is 13.4. The number of nitrogens with zero attached hydrogens (tertiary/aromatic N) is 1. The molecule has 0 radical (unpaired) electrons. The molecule has 1 atom stereocenters. The van der Waals surface area contributed by atoms with E-state index in [1.165, 1.54) is 0 Å². The molecule has 94 valence electrons. The lowest BCUT2D eigenvalue weighted by atomic mass is 10.2. The molecule has 0 saturated carbocycles. The Morgan fingerprint density at radius 1 is 1.38 bits per heavy atom. The maximum atomic E-state index is 11.9. The molecule has 1 amide bonds. The Kier molecular flexibility index (Phi) is 3.85. The fourth-order valence-corrected chi connectivity index (χ4v) is 6.17. The fourth-order valence-electron chi connectivity index (χ4n) is 1.84. The molecule has 1 saturated heterocycles. The summed E-state index contributed by atoms with van der Waals surface area (Å²) in [7, 11) is -1.65. The molecule has 0 aliphatic carbocycles. The molecule has 0 aromatic carbocycles. The van der Waals surface area contributed by atoms with Gasteiger partial charge < -0.3 is 4.57 Å². The van der Waals surface area contributed by atoms with Crippen LogP contribution in [0, 0.1) is 0 Å². The Balaban J connectivity index is 2.81. The Morgan fingerprint density at radius 3 is 2.19 bits per heavy atom. The van der Waals surface area contributed by atoms with Crippen LogP contribution in [0.15, 0.2) is 0 Å². The van der Waals surface area contributed by atoms with E-state index in [0.717, 1.165) is 6.42 Å². The maximum Gasteiger partial charge on any atom is 0.218 e. The van der Waals surface area contributed by atoms with Gasteiger partial charge in [-0.05, 0) is 5.04 Å². The van der Waals surface area contributed by atoms with Gasteiger partial charge >= 0.3 is 0 Å². The lowest BCUT2D eigenvalue weighted by molar-refractivity contribution is -0.135. The first-order valence-electron chi connectivity index (χ1n) is 6.05. The largest absolute Gasteiger partial charge is 0.357 e. The van der Waals surface area contributed by atoms with E-state index in [4.69, 9.17) is 0 Å². The number of rotatable bonds is 3. The van der Waals surface area contributed by atoms with Crippen LogP contribution in [0.1, 0.15) is 41.0 Å². The normalized spacial score (nSPS) is 22.6. The summed E-state index contributed by atoms with van der Waals surface area (Å²) in [6, 6.07) is 0. The van der Waals surface area contributed by atoms with Crippen molar-refractivity contribution in [2.45, 2.75) is 69.8 Å². The average molecular weight is 259 g/mol. The number of β-lactam (4-membered cyclic amide) rings is 1. The molecule has 1 heterocycles. The van der Waals surface area contributed by atoms with E-state index in [2.05, 4.69) is 52.3 Å². The van der Waals surface area contributed by atoms with Gasteiger partial charge in [-0.25, -0.2) is 0 Å². The highest BCUT2D eigenvalue weighted by Crippen LogP contribution is 2.45. The zero-order chi connectivity index (χ0) is 12.7. The minimum atomic E-state index is -1.65. The standard InChI is InChI=1S/C12H25NOSSi/c1-9(2)15-11-8-10(14)13(11)16(6,7)12(3,4)5/h9,11H,8H2,1-7H3/t11-/m0/s1. The molecule has 1 rings (SSSR count). The number of amides is 1. The number of thioether (sulfide) groups is 1. The molecular formula is C12H25NOSSi. The summed E-state index contributed by atoms with van der Waals surface area (Å²) >= 11 is 1.94. The third kappa shape index (κ3) is 2.48. The van der Waals surface area contributed by atoms with Crippen molar-refractivity contribution >= 4 is 25.9 Å². The molecule has 0 unspecified atom stereocenters. The van der Waals surface area contributed by atoms with Crippen molar-refractivity contribution in [3.8, 4) is 0 Å². The van der Waals surface area contributed by atoms with Gasteiger partial charge in [0.25, 0.3) is 0 Å². The summed E-state index contributed by atoms with van der Waals surface area (Å²) in [5.74, 6) is 0.366. The SMILES string of the molecule is CC(C)S[C@H]1CC(=O)N1[Si](C)(C)C(C)(C)C. The first-order valence-corrected chi connectivity index (χ1v) is 9.94. The van der Waals surface area contributed by atoms with E-state index < -0.39 is 8.24 Å². The van der Waals surface area contributed by atoms with E-state index in [1.54, 1.807) is 0 Å². The Hall–Kier alpha value is 0.0369. The number of hydrogen-bond donors (Lipinski definition) is 0. The highest BCUT2D eigenvalue weighted by Gasteiger charge is 2.51. The average Bonchev–Trinajstić information content (AvgIpc) is 1.98. The van der Waals surface area contributed by atoms with Crippen molar-refractivity contribution < 1.29 is 4.79 Å². The van der Waals surface area contributed by atoms with Gasteiger partial charge in [-0.2, -0.15) is 0 Å². The second-order valence-electron chi connectivity index (χ2n) is 6.42. The van der Waals surface area contributed by atoms with Crippen LogP contribution in [0.3, 0.4) is 0 Å². The highest BCUT2D eigenvalue weighted by molar-refractivity contribution is 8.00. The summed E-state index contributed by atoms with van der Waals surface area (Å²) in [4.78, 5) is 11.9. The Labute approximate surface area is 105 Å². The topological polar surface area (TPSA) is 20.3 Å². The molecule has 1 aliphatic heterocycles. The third-order valence-corrected chi connectivity index (χ3v) is 10.6. The van der Waals surface area contributed by atoms with Gasteiger partial charge in [-0.1, -0.05) is 47.7 Å². The molecular weight excluding hydrogens is 234 g/mol. The smallest absolute Gasteiger partial charge is 0.218 e. The van der Waals surface area contributed by atoms with E-state index >= 15 is 0 Å². The second kappa shape index (κ2) is 4.37. The molecule has 0 N–H and O–H groups in total. The summed E-state index contributed by atoms with van der Waals surface area (Å²) in [6.45, 7) is 15.8. The van der Waals surface area contributed by atoms with Gasteiger partial charge in [0, 0.05) is 5.25 Å². The highest BCUT2D eigenvalue weighted by atomic mass is 32.2. The van der Waals surface area contributed by atoms with Gasteiger partial charge in [0.15, 0.2) is 8.24 Å². The van der Waals surface area contributed by atoms with Crippen molar-refractivity contribution in [1.82, 2.24) is 4.57 Å². The molecule has 1 aliphatic rings. The quantitative estimate of drug-likeness (QED) is 0.569. The van der Waals surface area contributed by atoms with Gasteiger partial charge in [-0.15, -0.1) is 11.8 Å². The lowest BCUT2D eigenvalue weighted by Gasteiger charge is -2.54. The minimum absolute atomic E-state index is 0.249. The molecule has 0 aromatic rings. The molecule has 0 bridgehead atoms. The van der Waals surface area contributed by atoms with Crippen LogP contribution in [0.2, 0.25) is 18.1 Å². The first kappa shape index (κ1) is 14.1. The predicted molar refractivity (Wildman–Crippen MR) is 75.2 cm³/mol. The van der Waals surface area contributed by atoms with Crippen LogP contribution < -0.4 is 0 Å². The van der Waals surface area contributed by atoms with E-state index in [0.29, 0.717) is 16.5 Å². The number of hydrogen-bond acceptors (Lipinski definition) is 2. The van der Waals surface area contributed by atoms with Crippen molar-refractivity contribution in [1.29, 1.82) is 0 Å². The van der Waals surface area contributed by atoms with Crippen molar-refractivity contribution in [2.24, 2.45) is 0 Å². The summed E-state index contributed by atoms with van der Waals surface area (Å²) < 4.78 is 2.22. The molecule has 1 fully saturated rings. The number of carbonyl (C=O) groups is 1. The van der Waals surface area contributed by atoms with Crippen molar-refractivity contribution in [2.75, 3.05) is 0 Å². The summed E-state index contributed by atoms with van der Waals surface area (Å²) in [5.41, 5.74) is 0. The van der Waals surface area contributed by atoms with Crippen molar-refractivity contribution in [3.63, 3.8) is 0 Å². The van der Waals surface area contributed by atoms with Gasteiger partial charge in [0.2, 0.25) is 5.91 Å². The van der Waals surface area contributed by atoms with Crippen LogP contribution in [-0.4, -0.2) is 29.3 Å². The zero-order valence-electron chi connectivity index (χ0n) is 11.6. The third-order valence-electron chi connectivity index (χ3n) is 3.77. The van der Waals surface area contributed by atoms with Crippen molar-refractivity contribution in [3.05, 3.63) is 0 Å². The predicted octanol–water partition coefficient (Wildman–Crippen LogP) is 3.69. The van der Waals surface area contributed by atoms with Crippen LogP contribution in [0.5, 0.6) is 0 Å². The lowest BCUT2D eigenvalue weighted by Crippen LogP contribution is -2.67.